The molecule has 0 aliphatic heterocycles. The summed E-state index contributed by atoms with van der Waals surface area (Å²) < 4.78 is 12.4. The summed E-state index contributed by atoms with van der Waals surface area (Å²) >= 11 is 0. The zero-order valence-corrected chi connectivity index (χ0v) is 7.47. The van der Waals surface area contributed by atoms with Crippen molar-refractivity contribution in [3.63, 3.8) is 0 Å². The number of alkyl halides is 1. The standard InChI is InChI=1S/C10H14FN/c1-8-3-5-9(6-4-8)10(7-11)12-2/h3-6,10,12H,7H2,1-2H3/t10-/m1/s1. The van der Waals surface area contributed by atoms with Gasteiger partial charge in [0, 0.05) is 0 Å². The van der Waals surface area contributed by atoms with Crippen LogP contribution in [0.25, 0.3) is 0 Å². The van der Waals surface area contributed by atoms with Crippen molar-refractivity contribution in [2.75, 3.05) is 13.7 Å². The van der Waals surface area contributed by atoms with E-state index in [9.17, 15) is 4.39 Å². The number of halogens is 1. The van der Waals surface area contributed by atoms with Gasteiger partial charge in [-0.05, 0) is 19.5 Å². The van der Waals surface area contributed by atoms with Crippen molar-refractivity contribution in [1.29, 1.82) is 0 Å². The molecule has 0 aliphatic carbocycles. The first kappa shape index (κ1) is 9.20. The van der Waals surface area contributed by atoms with Crippen LogP contribution in [0.3, 0.4) is 0 Å². The fourth-order valence-electron chi connectivity index (χ4n) is 1.13. The average Bonchev–Trinajstić information content (AvgIpc) is 2.10. The van der Waals surface area contributed by atoms with E-state index < -0.39 is 0 Å². The third-order valence-corrected chi connectivity index (χ3v) is 1.98. The number of rotatable bonds is 3. The number of hydrogen-bond acceptors (Lipinski definition) is 1. The summed E-state index contributed by atoms with van der Waals surface area (Å²) in [5, 5.41) is 2.91. The van der Waals surface area contributed by atoms with Gasteiger partial charge in [0.1, 0.15) is 6.67 Å². The Kier molecular flexibility index (Phi) is 3.23. The van der Waals surface area contributed by atoms with E-state index in [4.69, 9.17) is 0 Å². The van der Waals surface area contributed by atoms with Gasteiger partial charge in [-0.25, -0.2) is 4.39 Å². The van der Waals surface area contributed by atoms with Crippen LogP contribution >= 0.6 is 0 Å². The number of hydrogen-bond donors (Lipinski definition) is 1. The Balaban J connectivity index is 2.80. The molecule has 2 heteroatoms. The zero-order chi connectivity index (χ0) is 8.97. The van der Waals surface area contributed by atoms with Crippen LogP contribution in [0.1, 0.15) is 17.2 Å². The maximum absolute atomic E-state index is 12.4. The fourth-order valence-corrected chi connectivity index (χ4v) is 1.13. The Morgan fingerprint density at radius 2 is 1.92 bits per heavy atom. The molecule has 0 heterocycles. The summed E-state index contributed by atoms with van der Waals surface area (Å²) in [6.07, 6.45) is 0. The predicted octanol–water partition coefficient (Wildman–Crippen LogP) is 2.23. The molecule has 12 heavy (non-hydrogen) atoms. The molecule has 0 saturated heterocycles. The van der Waals surface area contributed by atoms with Gasteiger partial charge in [-0.15, -0.1) is 0 Å². The van der Waals surface area contributed by atoms with Gasteiger partial charge < -0.3 is 5.32 Å². The number of nitrogens with one attached hydrogen (secondary N) is 1. The minimum Gasteiger partial charge on any atom is -0.311 e. The van der Waals surface area contributed by atoms with Gasteiger partial charge in [0.05, 0.1) is 6.04 Å². The molecule has 0 aromatic heterocycles. The van der Waals surface area contributed by atoms with Crippen molar-refractivity contribution >= 4 is 0 Å². The highest BCUT2D eigenvalue weighted by Gasteiger charge is 2.06. The molecular formula is C10H14FN. The molecule has 1 nitrogen and oxygen atoms in total. The van der Waals surface area contributed by atoms with Crippen LogP contribution < -0.4 is 5.32 Å². The summed E-state index contributed by atoms with van der Waals surface area (Å²) in [5.41, 5.74) is 2.21. The van der Waals surface area contributed by atoms with Gasteiger partial charge in [0.2, 0.25) is 0 Å². The van der Waals surface area contributed by atoms with E-state index in [0.29, 0.717) is 0 Å². The molecule has 0 fully saturated rings. The Hall–Kier alpha value is -0.890. The largest absolute Gasteiger partial charge is 0.311 e. The van der Waals surface area contributed by atoms with Crippen molar-refractivity contribution in [3.05, 3.63) is 35.4 Å². The number of aryl methyl sites for hydroxylation is 1. The molecule has 1 aromatic rings. The highest BCUT2D eigenvalue weighted by atomic mass is 19.1. The molecule has 0 saturated carbocycles. The van der Waals surface area contributed by atoms with Crippen molar-refractivity contribution in [3.8, 4) is 0 Å². The Bertz CT molecular complexity index is 226. The SMILES string of the molecule is CN[C@H](CF)c1ccc(C)cc1. The lowest BCUT2D eigenvalue weighted by Crippen LogP contribution is -2.17. The Labute approximate surface area is 72.6 Å². The molecule has 1 aromatic carbocycles. The molecule has 0 spiro atoms. The van der Waals surface area contributed by atoms with Crippen LogP contribution in [-0.4, -0.2) is 13.7 Å². The smallest absolute Gasteiger partial charge is 0.109 e. The molecular weight excluding hydrogens is 153 g/mol. The van der Waals surface area contributed by atoms with Crippen molar-refractivity contribution in [1.82, 2.24) is 5.32 Å². The van der Waals surface area contributed by atoms with Gasteiger partial charge in [-0.3, -0.25) is 0 Å². The first-order valence-electron chi connectivity index (χ1n) is 4.07. The fraction of sp³-hybridized carbons (Fsp3) is 0.400. The lowest BCUT2D eigenvalue weighted by atomic mass is 10.1. The summed E-state index contributed by atoms with van der Waals surface area (Å²) in [4.78, 5) is 0. The van der Waals surface area contributed by atoms with Gasteiger partial charge >= 0.3 is 0 Å². The van der Waals surface area contributed by atoms with Crippen LogP contribution in [0.15, 0.2) is 24.3 Å². The van der Waals surface area contributed by atoms with E-state index in [1.807, 2.05) is 31.2 Å². The van der Waals surface area contributed by atoms with Gasteiger partial charge in [0.15, 0.2) is 0 Å². The summed E-state index contributed by atoms with van der Waals surface area (Å²) in [6, 6.07) is 7.74. The second kappa shape index (κ2) is 4.21. The molecule has 0 bridgehead atoms. The zero-order valence-electron chi connectivity index (χ0n) is 7.47. The third-order valence-electron chi connectivity index (χ3n) is 1.98. The van der Waals surface area contributed by atoms with E-state index in [-0.39, 0.29) is 12.7 Å². The van der Waals surface area contributed by atoms with Crippen LogP contribution in [0.5, 0.6) is 0 Å². The predicted molar refractivity (Wildman–Crippen MR) is 49.0 cm³/mol. The Morgan fingerprint density at radius 1 is 1.33 bits per heavy atom. The summed E-state index contributed by atoms with van der Waals surface area (Å²) in [6.45, 7) is 1.66. The molecule has 1 N–H and O–H groups in total. The monoisotopic (exact) mass is 167 g/mol. The molecule has 0 amide bonds. The first-order chi connectivity index (χ1) is 5.77. The average molecular weight is 167 g/mol. The topological polar surface area (TPSA) is 12.0 Å². The molecule has 0 radical (unpaired) electrons. The number of benzene rings is 1. The van der Waals surface area contributed by atoms with E-state index in [2.05, 4.69) is 5.32 Å². The van der Waals surface area contributed by atoms with Crippen molar-refractivity contribution < 1.29 is 4.39 Å². The van der Waals surface area contributed by atoms with E-state index in [1.54, 1.807) is 7.05 Å². The molecule has 66 valence electrons. The van der Waals surface area contributed by atoms with Crippen molar-refractivity contribution in [2.45, 2.75) is 13.0 Å². The molecule has 0 aliphatic rings. The van der Waals surface area contributed by atoms with Crippen LogP contribution in [0.4, 0.5) is 4.39 Å². The molecule has 1 atom stereocenters. The molecule has 1 rings (SSSR count). The minimum absolute atomic E-state index is 0.161. The van der Waals surface area contributed by atoms with Crippen molar-refractivity contribution in [2.24, 2.45) is 0 Å². The lowest BCUT2D eigenvalue weighted by Gasteiger charge is -2.11. The lowest BCUT2D eigenvalue weighted by molar-refractivity contribution is 0.400. The quantitative estimate of drug-likeness (QED) is 0.728. The summed E-state index contributed by atoms with van der Waals surface area (Å²) in [7, 11) is 1.77. The minimum atomic E-state index is -0.362. The normalized spacial score (nSPS) is 12.9. The third kappa shape index (κ3) is 2.05. The van der Waals surface area contributed by atoms with E-state index in [1.165, 1.54) is 5.56 Å². The van der Waals surface area contributed by atoms with E-state index >= 15 is 0 Å². The van der Waals surface area contributed by atoms with E-state index in [0.717, 1.165) is 5.56 Å². The van der Waals surface area contributed by atoms with Gasteiger partial charge in [0.25, 0.3) is 0 Å². The maximum Gasteiger partial charge on any atom is 0.109 e. The Morgan fingerprint density at radius 3 is 2.33 bits per heavy atom. The highest BCUT2D eigenvalue weighted by Crippen LogP contribution is 2.13. The van der Waals surface area contributed by atoms with Crippen LogP contribution in [-0.2, 0) is 0 Å². The van der Waals surface area contributed by atoms with Crippen LogP contribution in [0, 0.1) is 6.92 Å². The second-order valence-corrected chi connectivity index (χ2v) is 2.91. The maximum atomic E-state index is 12.4. The van der Waals surface area contributed by atoms with Gasteiger partial charge in [-0.1, -0.05) is 29.8 Å². The second-order valence-electron chi connectivity index (χ2n) is 2.91. The first-order valence-corrected chi connectivity index (χ1v) is 4.07. The highest BCUT2D eigenvalue weighted by molar-refractivity contribution is 5.24. The van der Waals surface area contributed by atoms with Crippen LogP contribution in [0.2, 0.25) is 0 Å². The summed E-state index contributed by atoms with van der Waals surface area (Å²) in [5.74, 6) is 0. The molecule has 0 unspecified atom stereocenters. The van der Waals surface area contributed by atoms with Gasteiger partial charge in [-0.2, -0.15) is 0 Å².